The molecule has 1 amide bonds. The van der Waals surface area contributed by atoms with E-state index in [1.165, 1.54) is 18.5 Å². The molecule has 0 aliphatic carbocycles. The zero-order valence-electron chi connectivity index (χ0n) is 20.8. The first-order valence-corrected chi connectivity index (χ1v) is 11.0. The Hall–Kier alpha value is -4.89. The van der Waals surface area contributed by atoms with Crippen LogP contribution in [0.15, 0.2) is 71.9 Å². The number of carbonyl (C=O) groups excluding carboxylic acids is 1. The summed E-state index contributed by atoms with van der Waals surface area (Å²) in [7, 11) is 1.71. The van der Waals surface area contributed by atoms with Crippen LogP contribution in [0.2, 0.25) is 0 Å². The van der Waals surface area contributed by atoms with Crippen LogP contribution < -0.4 is 10.6 Å². The van der Waals surface area contributed by atoms with Gasteiger partial charge in [-0.25, -0.2) is 0 Å². The Kier molecular flexibility index (Phi) is 9.53. The summed E-state index contributed by atoms with van der Waals surface area (Å²) in [6.07, 6.45) is 9.78. The van der Waals surface area contributed by atoms with Crippen molar-refractivity contribution in [3.05, 3.63) is 95.0 Å². The molecule has 0 saturated carbocycles. The minimum atomic E-state index is -0.840. The van der Waals surface area contributed by atoms with Gasteiger partial charge < -0.3 is 10.6 Å². The van der Waals surface area contributed by atoms with Gasteiger partial charge in [0, 0.05) is 30.7 Å². The average molecular weight is 481 g/mol. The number of carbonyl (C=O) groups is 1. The summed E-state index contributed by atoms with van der Waals surface area (Å²) in [5, 5.41) is 32.6. The minimum absolute atomic E-state index is 0.112. The van der Waals surface area contributed by atoms with Crippen molar-refractivity contribution in [2.75, 3.05) is 7.05 Å². The molecule has 36 heavy (non-hydrogen) atoms. The van der Waals surface area contributed by atoms with E-state index in [0.29, 0.717) is 29.1 Å². The molecule has 9 nitrogen and oxygen atoms in total. The lowest BCUT2D eigenvalue weighted by atomic mass is 9.90. The SMILES string of the molecule is C=C(C)/N=C\C(=C/Cc1cnc(C(=N)/C=C\NC)c(C#N)c1)NC(=O)c1ccnc(C(C)(C)C#N)c1. The molecule has 2 heterocycles. The molecular formula is C27H28N8O. The van der Waals surface area contributed by atoms with Crippen LogP contribution >= 0.6 is 0 Å². The summed E-state index contributed by atoms with van der Waals surface area (Å²) in [5.41, 5.74) is 2.37. The lowest BCUT2D eigenvalue weighted by molar-refractivity contribution is 0.0967. The van der Waals surface area contributed by atoms with Crippen LogP contribution in [0, 0.1) is 28.1 Å². The molecule has 0 bridgehead atoms. The van der Waals surface area contributed by atoms with Gasteiger partial charge in [-0.15, -0.1) is 0 Å². The smallest absolute Gasteiger partial charge is 0.255 e. The van der Waals surface area contributed by atoms with Gasteiger partial charge in [0.1, 0.15) is 11.8 Å². The number of hydrogen-bond acceptors (Lipinski definition) is 8. The van der Waals surface area contributed by atoms with Crippen molar-refractivity contribution in [3.63, 3.8) is 0 Å². The fourth-order valence-electron chi connectivity index (χ4n) is 2.88. The molecule has 0 spiro atoms. The number of pyridine rings is 2. The number of nitriles is 2. The first-order valence-electron chi connectivity index (χ1n) is 11.0. The summed E-state index contributed by atoms with van der Waals surface area (Å²) < 4.78 is 0. The van der Waals surface area contributed by atoms with Gasteiger partial charge in [0.15, 0.2) is 0 Å². The maximum absolute atomic E-state index is 12.9. The molecule has 0 aliphatic heterocycles. The number of allylic oxidation sites excluding steroid dienone is 4. The van der Waals surface area contributed by atoms with Gasteiger partial charge in [0.2, 0.25) is 0 Å². The molecule has 2 aromatic heterocycles. The highest BCUT2D eigenvalue weighted by Crippen LogP contribution is 2.20. The predicted octanol–water partition coefficient (Wildman–Crippen LogP) is 3.71. The molecule has 2 rings (SSSR count). The number of nitrogens with zero attached hydrogens (tertiary/aromatic N) is 5. The Morgan fingerprint density at radius 1 is 1.31 bits per heavy atom. The molecule has 9 heteroatoms. The number of hydrogen-bond donors (Lipinski definition) is 3. The number of nitrogens with one attached hydrogen (secondary N) is 3. The van der Waals surface area contributed by atoms with Crippen molar-refractivity contribution in [2.45, 2.75) is 32.6 Å². The lowest BCUT2D eigenvalue weighted by Gasteiger charge is -2.15. The second-order valence-corrected chi connectivity index (χ2v) is 8.36. The molecule has 0 unspecified atom stereocenters. The van der Waals surface area contributed by atoms with Gasteiger partial charge in [0.25, 0.3) is 5.91 Å². The van der Waals surface area contributed by atoms with Gasteiger partial charge in [-0.05, 0) is 63.2 Å². The van der Waals surface area contributed by atoms with E-state index in [2.05, 4.69) is 44.3 Å². The zero-order valence-corrected chi connectivity index (χ0v) is 20.8. The van der Waals surface area contributed by atoms with Crippen LogP contribution in [-0.4, -0.2) is 34.8 Å². The first-order chi connectivity index (χ1) is 17.1. The first kappa shape index (κ1) is 27.4. The van der Waals surface area contributed by atoms with E-state index in [4.69, 9.17) is 5.41 Å². The van der Waals surface area contributed by atoms with E-state index in [-0.39, 0.29) is 22.9 Å². The summed E-state index contributed by atoms with van der Waals surface area (Å²) in [4.78, 5) is 25.6. The van der Waals surface area contributed by atoms with Gasteiger partial charge in [0.05, 0.1) is 40.4 Å². The molecule has 182 valence electrons. The molecule has 0 atom stereocenters. The Labute approximate surface area is 211 Å². The van der Waals surface area contributed by atoms with Crippen LogP contribution in [-0.2, 0) is 11.8 Å². The fourth-order valence-corrected chi connectivity index (χ4v) is 2.88. The van der Waals surface area contributed by atoms with E-state index < -0.39 is 5.41 Å². The van der Waals surface area contributed by atoms with E-state index >= 15 is 0 Å². The van der Waals surface area contributed by atoms with Crippen LogP contribution in [0.5, 0.6) is 0 Å². The number of aromatic nitrogens is 2. The second-order valence-electron chi connectivity index (χ2n) is 8.36. The molecule has 2 aromatic rings. The Morgan fingerprint density at radius 3 is 2.69 bits per heavy atom. The van der Waals surface area contributed by atoms with Gasteiger partial charge in [-0.2, -0.15) is 10.5 Å². The third-order valence-electron chi connectivity index (χ3n) is 4.92. The van der Waals surface area contributed by atoms with Crippen molar-refractivity contribution < 1.29 is 4.79 Å². The van der Waals surface area contributed by atoms with Crippen molar-refractivity contribution in [1.82, 2.24) is 20.6 Å². The summed E-state index contributed by atoms with van der Waals surface area (Å²) in [6.45, 7) is 8.94. The molecule has 0 aliphatic rings. The topological polar surface area (TPSA) is 151 Å². The summed E-state index contributed by atoms with van der Waals surface area (Å²) >= 11 is 0. The number of aliphatic imine (C=N–C) groups is 1. The van der Waals surface area contributed by atoms with Gasteiger partial charge in [-0.3, -0.25) is 25.2 Å². The summed E-state index contributed by atoms with van der Waals surface area (Å²) in [6, 6.07) is 9.08. The average Bonchev–Trinajstić information content (AvgIpc) is 2.88. The summed E-state index contributed by atoms with van der Waals surface area (Å²) in [5.74, 6) is -0.386. The molecule has 0 aromatic carbocycles. The molecule has 0 radical (unpaired) electrons. The van der Waals surface area contributed by atoms with E-state index in [0.717, 1.165) is 5.56 Å². The Bertz CT molecular complexity index is 1340. The maximum Gasteiger partial charge on any atom is 0.255 e. The zero-order chi connectivity index (χ0) is 26.7. The van der Waals surface area contributed by atoms with Gasteiger partial charge >= 0.3 is 0 Å². The van der Waals surface area contributed by atoms with E-state index in [9.17, 15) is 15.3 Å². The number of rotatable bonds is 10. The highest BCUT2D eigenvalue weighted by atomic mass is 16.1. The van der Waals surface area contributed by atoms with Crippen molar-refractivity contribution in [2.24, 2.45) is 4.99 Å². The molecule has 3 N–H and O–H groups in total. The van der Waals surface area contributed by atoms with E-state index in [1.54, 1.807) is 64.5 Å². The van der Waals surface area contributed by atoms with Crippen LogP contribution in [0.1, 0.15) is 53.6 Å². The minimum Gasteiger partial charge on any atom is -0.394 e. The van der Waals surface area contributed by atoms with Crippen LogP contribution in [0.25, 0.3) is 0 Å². The second kappa shape index (κ2) is 12.5. The Morgan fingerprint density at radius 2 is 2.06 bits per heavy atom. The molecule has 0 saturated heterocycles. The lowest BCUT2D eigenvalue weighted by Crippen LogP contribution is -2.25. The fraction of sp³-hybridized carbons (Fsp3) is 0.222. The largest absolute Gasteiger partial charge is 0.394 e. The third-order valence-corrected chi connectivity index (χ3v) is 4.92. The monoisotopic (exact) mass is 480 g/mol. The van der Waals surface area contributed by atoms with Gasteiger partial charge in [-0.1, -0.05) is 12.7 Å². The number of amides is 1. The quantitative estimate of drug-likeness (QED) is 0.441. The predicted molar refractivity (Wildman–Crippen MR) is 139 cm³/mol. The maximum atomic E-state index is 12.9. The van der Waals surface area contributed by atoms with Crippen LogP contribution in [0.3, 0.4) is 0 Å². The third kappa shape index (κ3) is 7.57. The highest BCUT2D eigenvalue weighted by Gasteiger charge is 2.22. The van der Waals surface area contributed by atoms with Crippen LogP contribution in [0.4, 0.5) is 0 Å². The van der Waals surface area contributed by atoms with Crippen molar-refractivity contribution in [3.8, 4) is 12.1 Å². The normalized spacial score (nSPS) is 11.7. The molecular weight excluding hydrogens is 452 g/mol. The Balaban J connectivity index is 2.31. The van der Waals surface area contributed by atoms with E-state index in [1.807, 2.05) is 0 Å². The van der Waals surface area contributed by atoms with Crippen molar-refractivity contribution >= 4 is 17.8 Å². The molecule has 0 fully saturated rings. The highest BCUT2D eigenvalue weighted by molar-refractivity contribution is 6.06. The standard InChI is InChI=1S/C27H28N8O/c1-18(2)33-16-22(35-26(36)20-8-11-32-24(13-20)27(3,4)17-29)7-6-19-12-21(14-28)25(34-15-19)23(30)9-10-31-5/h7-13,15-16,30-31H,1,6H2,2-5H3,(H,35,36)/b10-9-,22-7+,30-23?,33-16-. The van der Waals surface area contributed by atoms with Crippen molar-refractivity contribution in [1.29, 1.82) is 15.9 Å².